The molecule has 0 spiro atoms. The number of amides is 1. The maximum Gasteiger partial charge on any atom is 0.236 e. The molecule has 0 bridgehead atoms. The first-order chi connectivity index (χ1) is 12.6. The van der Waals surface area contributed by atoms with Crippen molar-refractivity contribution in [2.45, 2.75) is 19.4 Å². The molecule has 3 rings (SSSR count). The van der Waals surface area contributed by atoms with Gasteiger partial charge < -0.3 is 9.64 Å². The number of hydrogen-bond acceptors (Lipinski definition) is 4. The lowest BCUT2D eigenvalue weighted by Crippen LogP contribution is -2.45. The molecule has 2 heterocycles. The fourth-order valence-electron chi connectivity index (χ4n) is 3.76. The molecular formula is C20H30FN3O2. The molecule has 1 amide bonds. The zero-order valence-electron chi connectivity index (χ0n) is 15.7. The van der Waals surface area contributed by atoms with Crippen molar-refractivity contribution in [3.05, 3.63) is 35.6 Å². The third-order valence-electron chi connectivity index (χ3n) is 5.48. The number of ether oxygens (including phenoxy) is 1. The van der Waals surface area contributed by atoms with Crippen molar-refractivity contribution < 1.29 is 13.9 Å². The van der Waals surface area contributed by atoms with E-state index in [2.05, 4.69) is 9.80 Å². The highest BCUT2D eigenvalue weighted by Gasteiger charge is 2.24. The number of piperidine rings is 1. The van der Waals surface area contributed by atoms with Crippen molar-refractivity contribution >= 4 is 5.91 Å². The van der Waals surface area contributed by atoms with Crippen LogP contribution in [0.25, 0.3) is 0 Å². The van der Waals surface area contributed by atoms with Gasteiger partial charge in [-0.15, -0.1) is 0 Å². The van der Waals surface area contributed by atoms with Crippen molar-refractivity contribution in [3.63, 3.8) is 0 Å². The van der Waals surface area contributed by atoms with Crippen LogP contribution in [0.4, 0.5) is 4.39 Å². The van der Waals surface area contributed by atoms with E-state index in [1.165, 1.54) is 6.07 Å². The smallest absolute Gasteiger partial charge is 0.236 e. The second-order valence-electron chi connectivity index (χ2n) is 7.47. The van der Waals surface area contributed by atoms with Gasteiger partial charge in [0.1, 0.15) is 5.82 Å². The molecule has 0 unspecified atom stereocenters. The van der Waals surface area contributed by atoms with Gasteiger partial charge >= 0.3 is 0 Å². The Hall–Kier alpha value is -1.50. The summed E-state index contributed by atoms with van der Waals surface area (Å²) in [4.78, 5) is 18.8. The van der Waals surface area contributed by atoms with Crippen LogP contribution in [0.5, 0.6) is 0 Å². The second kappa shape index (κ2) is 9.44. The van der Waals surface area contributed by atoms with Gasteiger partial charge in [0.15, 0.2) is 0 Å². The van der Waals surface area contributed by atoms with E-state index in [1.807, 2.05) is 0 Å². The number of halogens is 1. The van der Waals surface area contributed by atoms with Gasteiger partial charge in [0.25, 0.3) is 0 Å². The molecule has 26 heavy (non-hydrogen) atoms. The summed E-state index contributed by atoms with van der Waals surface area (Å²) >= 11 is 0. The van der Waals surface area contributed by atoms with Gasteiger partial charge in [-0.25, -0.2) is 4.39 Å². The number of nitrogens with zero attached hydrogens (tertiary/aromatic N) is 3. The van der Waals surface area contributed by atoms with E-state index in [-0.39, 0.29) is 11.7 Å². The number of benzene rings is 1. The quantitative estimate of drug-likeness (QED) is 0.773. The number of carbonyl (C=O) groups is 1. The summed E-state index contributed by atoms with van der Waals surface area (Å²) in [5, 5.41) is 0. The number of likely N-dealkylation sites (N-methyl/N-ethyl adjacent to an activating group) is 1. The van der Waals surface area contributed by atoms with Gasteiger partial charge in [-0.2, -0.15) is 0 Å². The molecule has 1 aromatic carbocycles. The molecule has 1 aromatic rings. The van der Waals surface area contributed by atoms with E-state index in [0.29, 0.717) is 18.7 Å². The van der Waals surface area contributed by atoms with E-state index in [1.54, 1.807) is 30.1 Å². The summed E-state index contributed by atoms with van der Waals surface area (Å²) in [5.74, 6) is 0.520. The Morgan fingerprint density at radius 2 is 1.85 bits per heavy atom. The van der Waals surface area contributed by atoms with Crippen LogP contribution in [0.1, 0.15) is 18.4 Å². The normalized spacial score (nSPS) is 20.2. The minimum absolute atomic E-state index is 0.0554. The van der Waals surface area contributed by atoms with Crippen molar-refractivity contribution in [3.8, 4) is 0 Å². The molecular weight excluding hydrogens is 333 g/mol. The number of rotatable bonds is 6. The first kappa shape index (κ1) is 19.3. The average molecular weight is 363 g/mol. The number of likely N-dealkylation sites (tertiary alicyclic amines) is 1. The van der Waals surface area contributed by atoms with Gasteiger partial charge in [-0.1, -0.05) is 18.2 Å². The minimum Gasteiger partial charge on any atom is -0.379 e. The first-order valence-electron chi connectivity index (χ1n) is 9.61. The highest BCUT2D eigenvalue weighted by molar-refractivity contribution is 5.78. The Balaban J connectivity index is 1.39. The Labute approximate surface area is 155 Å². The van der Waals surface area contributed by atoms with Gasteiger partial charge in [0, 0.05) is 38.8 Å². The van der Waals surface area contributed by atoms with Crippen LogP contribution < -0.4 is 0 Å². The third kappa shape index (κ3) is 5.50. The van der Waals surface area contributed by atoms with E-state index in [0.717, 1.165) is 64.7 Å². The van der Waals surface area contributed by atoms with E-state index in [9.17, 15) is 9.18 Å². The Morgan fingerprint density at radius 3 is 2.54 bits per heavy atom. The molecule has 144 valence electrons. The van der Waals surface area contributed by atoms with Crippen LogP contribution in [0.3, 0.4) is 0 Å². The molecule has 2 saturated heterocycles. The summed E-state index contributed by atoms with van der Waals surface area (Å²) in [6.45, 7) is 7.61. The molecule has 2 fully saturated rings. The Morgan fingerprint density at radius 1 is 1.15 bits per heavy atom. The topological polar surface area (TPSA) is 36.0 Å². The number of carbonyl (C=O) groups excluding carboxylic acids is 1. The lowest BCUT2D eigenvalue weighted by molar-refractivity contribution is -0.132. The third-order valence-corrected chi connectivity index (χ3v) is 5.48. The van der Waals surface area contributed by atoms with Crippen molar-refractivity contribution in [1.82, 2.24) is 14.7 Å². The van der Waals surface area contributed by atoms with Gasteiger partial charge in [0.05, 0.1) is 19.8 Å². The maximum atomic E-state index is 13.7. The lowest BCUT2D eigenvalue weighted by Gasteiger charge is -2.36. The fraction of sp³-hybridized carbons (Fsp3) is 0.650. The zero-order chi connectivity index (χ0) is 18.4. The monoisotopic (exact) mass is 363 g/mol. The van der Waals surface area contributed by atoms with Crippen LogP contribution in [0.15, 0.2) is 24.3 Å². The highest BCUT2D eigenvalue weighted by Crippen LogP contribution is 2.19. The second-order valence-corrected chi connectivity index (χ2v) is 7.47. The molecule has 2 aliphatic rings. The molecule has 0 atom stereocenters. The highest BCUT2D eigenvalue weighted by atomic mass is 19.1. The molecule has 2 aliphatic heterocycles. The molecule has 0 radical (unpaired) electrons. The van der Waals surface area contributed by atoms with Gasteiger partial charge in [-0.3, -0.25) is 14.6 Å². The molecule has 6 heteroatoms. The first-order valence-corrected chi connectivity index (χ1v) is 9.61. The SMILES string of the molecule is CN(Cc1ccccc1F)C(=O)CN1CCC(CN2CCOCC2)CC1. The van der Waals surface area contributed by atoms with Crippen LogP contribution in [0, 0.1) is 11.7 Å². The molecule has 5 nitrogen and oxygen atoms in total. The number of hydrogen-bond donors (Lipinski definition) is 0. The van der Waals surface area contributed by atoms with Crippen molar-refractivity contribution in [2.75, 3.05) is 59.5 Å². The summed E-state index contributed by atoms with van der Waals surface area (Å²) in [6.07, 6.45) is 2.28. The molecule has 0 aromatic heterocycles. The lowest BCUT2D eigenvalue weighted by atomic mass is 9.96. The van der Waals surface area contributed by atoms with Gasteiger partial charge in [-0.05, 0) is 37.9 Å². The summed E-state index contributed by atoms with van der Waals surface area (Å²) in [5.41, 5.74) is 0.563. The standard InChI is InChI=1S/C20H30FN3O2/c1-22(15-18-4-2-3-5-19(18)21)20(25)16-23-8-6-17(7-9-23)14-24-10-12-26-13-11-24/h2-5,17H,6-16H2,1H3. The Bertz CT molecular complexity index is 584. The van der Waals surface area contributed by atoms with Gasteiger partial charge in [0.2, 0.25) is 5.91 Å². The zero-order valence-corrected chi connectivity index (χ0v) is 15.7. The minimum atomic E-state index is -0.254. The van der Waals surface area contributed by atoms with E-state index in [4.69, 9.17) is 4.74 Å². The summed E-state index contributed by atoms with van der Waals surface area (Å²) in [7, 11) is 1.75. The number of morpholine rings is 1. The van der Waals surface area contributed by atoms with E-state index >= 15 is 0 Å². The van der Waals surface area contributed by atoms with E-state index < -0.39 is 0 Å². The molecule has 0 N–H and O–H groups in total. The van der Waals surface area contributed by atoms with Crippen LogP contribution in [-0.4, -0.2) is 80.1 Å². The van der Waals surface area contributed by atoms with Crippen LogP contribution in [-0.2, 0) is 16.1 Å². The fourth-order valence-corrected chi connectivity index (χ4v) is 3.76. The van der Waals surface area contributed by atoms with Crippen LogP contribution >= 0.6 is 0 Å². The predicted octanol–water partition coefficient (Wildman–Crippen LogP) is 1.83. The van der Waals surface area contributed by atoms with Crippen molar-refractivity contribution in [1.29, 1.82) is 0 Å². The maximum absolute atomic E-state index is 13.7. The Kier molecular flexibility index (Phi) is 7.00. The molecule has 0 saturated carbocycles. The summed E-state index contributed by atoms with van der Waals surface area (Å²) in [6, 6.07) is 6.64. The largest absolute Gasteiger partial charge is 0.379 e. The van der Waals surface area contributed by atoms with Crippen molar-refractivity contribution in [2.24, 2.45) is 5.92 Å². The predicted molar refractivity (Wildman–Crippen MR) is 99.3 cm³/mol. The average Bonchev–Trinajstić information content (AvgIpc) is 2.66. The van der Waals surface area contributed by atoms with Crippen LogP contribution in [0.2, 0.25) is 0 Å². The molecule has 0 aliphatic carbocycles. The summed E-state index contributed by atoms with van der Waals surface area (Å²) < 4.78 is 19.2.